The van der Waals surface area contributed by atoms with E-state index in [-0.39, 0.29) is 11.9 Å². The molecule has 2 amide bonds. The standard InChI is InChI=1S/C14H20N2O2/c1-3-11(13(15)17)14(18)16-12(4-2)10-8-6-5-7-9-10/h5-9,11-12H,3-4H2,1-2H3,(H2,15,17)(H,16,18)/t11-,12-/m0/s1. The number of carbonyl (C=O) groups is 2. The van der Waals surface area contributed by atoms with Gasteiger partial charge in [-0.15, -0.1) is 0 Å². The molecule has 4 heteroatoms. The molecule has 0 heterocycles. The summed E-state index contributed by atoms with van der Waals surface area (Å²) >= 11 is 0. The summed E-state index contributed by atoms with van der Waals surface area (Å²) in [5.41, 5.74) is 6.24. The van der Waals surface area contributed by atoms with Crippen LogP contribution < -0.4 is 11.1 Å². The van der Waals surface area contributed by atoms with E-state index in [4.69, 9.17) is 5.73 Å². The Balaban J connectivity index is 2.75. The van der Waals surface area contributed by atoms with Gasteiger partial charge >= 0.3 is 0 Å². The van der Waals surface area contributed by atoms with Crippen LogP contribution in [0.5, 0.6) is 0 Å². The van der Waals surface area contributed by atoms with Crippen molar-refractivity contribution in [3.05, 3.63) is 35.9 Å². The molecule has 1 aromatic carbocycles. The van der Waals surface area contributed by atoms with Gasteiger partial charge < -0.3 is 11.1 Å². The van der Waals surface area contributed by atoms with Crippen molar-refractivity contribution < 1.29 is 9.59 Å². The van der Waals surface area contributed by atoms with Gasteiger partial charge in [0.05, 0.1) is 6.04 Å². The predicted molar refractivity (Wildman–Crippen MR) is 70.6 cm³/mol. The first-order chi connectivity index (χ1) is 8.60. The van der Waals surface area contributed by atoms with Crippen LogP contribution in [0, 0.1) is 5.92 Å². The third kappa shape index (κ3) is 3.58. The normalized spacial score (nSPS) is 13.7. The maximum absolute atomic E-state index is 11.9. The molecular formula is C14H20N2O2. The first-order valence-corrected chi connectivity index (χ1v) is 6.24. The lowest BCUT2D eigenvalue weighted by Crippen LogP contribution is -2.40. The van der Waals surface area contributed by atoms with E-state index in [9.17, 15) is 9.59 Å². The Bertz CT molecular complexity index is 404. The molecule has 98 valence electrons. The molecule has 18 heavy (non-hydrogen) atoms. The molecule has 2 atom stereocenters. The van der Waals surface area contributed by atoms with E-state index in [2.05, 4.69) is 5.32 Å². The molecule has 4 nitrogen and oxygen atoms in total. The number of carbonyl (C=O) groups excluding carboxylic acids is 2. The molecule has 0 aliphatic carbocycles. The summed E-state index contributed by atoms with van der Waals surface area (Å²) in [6, 6.07) is 9.62. The lowest BCUT2D eigenvalue weighted by molar-refractivity contribution is -0.134. The molecule has 0 saturated heterocycles. The van der Waals surface area contributed by atoms with Gasteiger partial charge in [0.1, 0.15) is 5.92 Å². The van der Waals surface area contributed by atoms with Crippen molar-refractivity contribution in [1.82, 2.24) is 5.32 Å². The number of benzene rings is 1. The van der Waals surface area contributed by atoms with Crippen LogP contribution in [-0.2, 0) is 9.59 Å². The minimum atomic E-state index is -0.747. The summed E-state index contributed by atoms with van der Waals surface area (Å²) in [5, 5.41) is 2.88. The Morgan fingerprint density at radius 1 is 1.17 bits per heavy atom. The van der Waals surface area contributed by atoms with Gasteiger partial charge in [-0.1, -0.05) is 44.2 Å². The Kier molecular flexibility index (Phi) is 5.36. The van der Waals surface area contributed by atoms with Crippen molar-refractivity contribution in [2.45, 2.75) is 32.7 Å². The van der Waals surface area contributed by atoms with Crippen LogP contribution in [0.1, 0.15) is 38.3 Å². The highest BCUT2D eigenvalue weighted by atomic mass is 16.2. The average molecular weight is 248 g/mol. The zero-order valence-corrected chi connectivity index (χ0v) is 10.8. The van der Waals surface area contributed by atoms with Gasteiger partial charge in [-0.3, -0.25) is 9.59 Å². The third-order valence-electron chi connectivity index (χ3n) is 2.99. The Hall–Kier alpha value is -1.84. The fourth-order valence-electron chi connectivity index (χ4n) is 1.89. The van der Waals surface area contributed by atoms with Crippen LogP contribution >= 0.6 is 0 Å². The highest BCUT2D eigenvalue weighted by molar-refractivity contribution is 5.99. The highest BCUT2D eigenvalue weighted by Crippen LogP contribution is 2.17. The molecule has 1 rings (SSSR count). The molecule has 0 aliphatic rings. The lowest BCUT2D eigenvalue weighted by Gasteiger charge is -2.20. The molecule has 0 aromatic heterocycles. The van der Waals surface area contributed by atoms with Crippen LogP contribution in [0.15, 0.2) is 30.3 Å². The zero-order chi connectivity index (χ0) is 13.5. The zero-order valence-electron chi connectivity index (χ0n) is 10.8. The number of hydrogen-bond donors (Lipinski definition) is 2. The molecule has 3 N–H and O–H groups in total. The lowest BCUT2D eigenvalue weighted by atomic mass is 10.0. The largest absolute Gasteiger partial charge is 0.369 e. The van der Waals surface area contributed by atoms with Gasteiger partial charge in [-0.2, -0.15) is 0 Å². The third-order valence-corrected chi connectivity index (χ3v) is 2.99. The maximum atomic E-state index is 11.9. The Morgan fingerprint density at radius 3 is 2.22 bits per heavy atom. The van der Waals surface area contributed by atoms with Gasteiger partial charge in [0.25, 0.3) is 0 Å². The van der Waals surface area contributed by atoms with E-state index in [1.165, 1.54) is 0 Å². The quantitative estimate of drug-likeness (QED) is 0.753. The highest BCUT2D eigenvalue weighted by Gasteiger charge is 2.24. The minimum absolute atomic E-state index is 0.0768. The van der Waals surface area contributed by atoms with E-state index < -0.39 is 11.8 Å². The molecule has 1 aromatic rings. The monoisotopic (exact) mass is 248 g/mol. The molecule has 0 fully saturated rings. The Morgan fingerprint density at radius 2 is 1.78 bits per heavy atom. The molecule has 0 unspecified atom stereocenters. The van der Waals surface area contributed by atoms with Crippen LogP contribution in [0.25, 0.3) is 0 Å². The van der Waals surface area contributed by atoms with Crippen LogP contribution in [0.3, 0.4) is 0 Å². The van der Waals surface area contributed by atoms with E-state index in [0.29, 0.717) is 6.42 Å². The number of nitrogens with two attached hydrogens (primary N) is 1. The fraction of sp³-hybridized carbons (Fsp3) is 0.429. The SMILES string of the molecule is CC[C@@H](C(N)=O)C(=O)N[C@@H](CC)c1ccccc1. The van der Waals surface area contributed by atoms with Crippen LogP contribution in [0.2, 0.25) is 0 Å². The van der Waals surface area contributed by atoms with Gasteiger partial charge in [-0.25, -0.2) is 0 Å². The number of primary amides is 1. The van der Waals surface area contributed by atoms with Crippen LogP contribution in [-0.4, -0.2) is 11.8 Å². The summed E-state index contributed by atoms with van der Waals surface area (Å²) in [6.07, 6.45) is 1.19. The van der Waals surface area contributed by atoms with Crippen molar-refractivity contribution in [2.75, 3.05) is 0 Å². The second kappa shape index (κ2) is 6.79. The summed E-state index contributed by atoms with van der Waals surface area (Å²) in [5.74, 6) is -1.61. The van der Waals surface area contributed by atoms with Crippen molar-refractivity contribution in [2.24, 2.45) is 11.7 Å². The van der Waals surface area contributed by atoms with Crippen molar-refractivity contribution >= 4 is 11.8 Å². The van der Waals surface area contributed by atoms with E-state index in [1.807, 2.05) is 37.3 Å². The summed E-state index contributed by atoms with van der Waals surface area (Å²) in [6.45, 7) is 3.77. The van der Waals surface area contributed by atoms with Crippen molar-refractivity contribution in [3.8, 4) is 0 Å². The summed E-state index contributed by atoms with van der Waals surface area (Å²) < 4.78 is 0. The number of rotatable bonds is 6. The van der Waals surface area contributed by atoms with E-state index >= 15 is 0 Å². The van der Waals surface area contributed by atoms with Crippen molar-refractivity contribution in [1.29, 1.82) is 0 Å². The fourth-order valence-corrected chi connectivity index (χ4v) is 1.89. The van der Waals surface area contributed by atoms with Crippen molar-refractivity contribution in [3.63, 3.8) is 0 Å². The first kappa shape index (κ1) is 14.2. The summed E-state index contributed by atoms with van der Waals surface area (Å²) in [4.78, 5) is 23.1. The number of amides is 2. The van der Waals surface area contributed by atoms with E-state index in [0.717, 1.165) is 12.0 Å². The summed E-state index contributed by atoms with van der Waals surface area (Å²) in [7, 11) is 0. The molecule has 0 bridgehead atoms. The number of nitrogens with one attached hydrogen (secondary N) is 1. The maximum Gasteiger partial charge on any atom is 0.233 e. The molecule has 0 spiro atoms. The predicted octanol–water partition coefficient (Wildman–Crippen LogP) is 1.77. The van der Waals surface area contributed by atoms with Gasteiger partial charge in [0.2, 0.25) is 11.8 Å². The van der Waals surface area contributed by atoms with E-state index in [1.54, 1.807) is 6.92 Å². The second-order valence-corrected chi connectivity index (χ2v) is 4.24. The van der Waals surface area contributed by atoms with Gasteiger partial charge in [0.15, 0.2) is 0 Å². The minimum Gasteiger partial charge on any atom is -0.369 e. The van der Waals surface area contributed by atoms with Gasteiger partial charge in [0, 0.05) is 0 Å². The molecule has 0 saturated carbocycles. The van der Waals surface area contributed by atoms with Gasteiger partial charge in [-0.05, 0) is 18.4 Å². The average Bonchev–Trinajstić information content (AvgIpc) is 2.37. The molecule has 0 aliphatic heterocycles. The molecular weight excluding hydrogens is 228 g/mol. The van der Waals surface area contributed by atoms with Crippen LogP contribution in [0.4, 0.5) is 0 Å². The first-order valence-electron chi connectivity index (χ1n) is 6.24. The second-order valence-electron chi connectivity index (χ2n) is 4.24. The molecule has 0 radical (unpaired) electrons. The smallest absolute Gasteiger partial charge is 0.233 e. The number of hydrogen-bond acceptors (Lipinski definition) is 2. The topological polar surface area (TPSA) is 72.2 Å². The Labute approximate surface area is 108 Å².